The summed E-state index contributed by atoms with van der Waals surface area (Å²) in [6.45, 7) is 3.63. The molecule has 2 aromatic carbocycles. The number of amides is 4. The zero-order valence-corrected chi connectivity index (χ0v) is 26.3. The molecule has 0 saturated carbocycles. The average Bonchev–Trinajstić information content (AvgIpc) is 2.99. The standard InChI is InChI=1S/C32H42F3N5O7/c1-18(2)13-26(31(46)47)40-30(45)25(16-20-7-5-4-6-8-20)38-27(42)17-37-29(44)24(14-19(3)32(33,34)35)39-28(43)23(36)15-21-9-11-22(41)12-10-21/h4-12,18-19,23-26,41H,13-17,36H2,1-3H3,(H,37,44)(H,38,42)(H,39,43)(H,40,45)(H,46,47)/t19-,23-,24-,25-,26-/m0/s1. The van der Waals surface area contributed by atoms with Gasteiger partial charge in [0.05, 0.1) is 18.5 Å². The number of rotatable bonds is 17. The molecule has 5 atom stereocenters. The molecule has 0 aliphatic heterocycles. The lowest BCUT2D eigenvalue weighted by Gasteiger charge is -2.25. The lowest BCUT2D eigenvalue weighted by Crippen LogP contribution is -2.56. The third kappa shape index (κ3) is 13.7. The maximum atomic E-state index is 13.4. The highest BCUT2D eigenvalue weighted by molar-refractivity contribution is 5.94. The second-order valence-corrected chi connectivity index (χ2v) is 11.8. The molecule has 2 aromatic rings. The monoisotopic (exact) mass is 665 g/mol. The van der Waals surface area contributed by atoms with Crippen molar-refractivity contribution in [3.63, 3.8) is 0 Å². The Bertz CT molecular complexity index is 1360. The van der Waals surface area contributed by atoms with Gasteiger partial charge in [0, 0.05) is 6.42 Å². The van der Waals surface area contributed by atoms with Gasteiger partial charge in [-0.25, -0.2) is 4.79 Å². The van der Waals surface area contributed by atoms with Crippen molar-refractivity contribution in [1.29, 1.82) is 0 Å². The van der Waals surface area contributed by atoms with E-state index < -0.39 is 78.8 Å². The quantitative estimate of drug-likeness (QED) is 0.133. The first-order valence-corrected chi connectivity index (χ1v) is 15.0. The molecule has 0 aliphatic carbocycles. The van der Waals surface area contributed by atoms with Gasteiger partial charge in [-0.2, -0.15) is 13.2 Å². The van der Waals surface area contributed by atoms with Crippen molar-refractivity contribution in [2.24, 2.45) is 17.6 Å². The fourth-order valence-corrected chi connectivity index (χ4v) is 4.54. The van der Waals surface area contributed by atoms with E-state index in [0.29, 0.717) is 11.1 Å². The Labute approximate surface area is 270 Å². The van der Waals surface area contributed by atoms with E-state index in [9.17, 15) is 47.4 Å². The summed E-state index contributed by atoms with van der Waals surface area (Å²) in [7, 11) is 0. The summed E-state index contributed by atoms with van der Waals surface area (Å²) in [5, 5.41) is 28.3. The Morgan fingerprint density at radius 2 is 1.32 bits per heavy atom. The molecule has 47 heavy (non-hydrogen) atoms. The molecule has 0 unspecified atom stereocenters. The minimum Gasteiger partial charge on any atom is -0.508 e. The minimum absolute atomic E-state index is 0.0173. The summed E-state index contributed by atoms with van der Waals surface area (Å²) in [6.07, 6.45) is -5.47. The summed E-state index contributed by atoms with van der Waals surface area (Å²) in [5.74, 6) is -7.02. The predicted octanol–water partition coefficient (Wildman–Crippen LogP) is 1.79. The number of nitrogens with one attached hydrogen (secondary N) is 4. The third-order valence-electron chi connectivity index (χ3n) is 7.19. The number of carbonyl (C=O) groups is 5. The number of hydrogen-bond acceptors (Lipinski definition) is 7. The molecule has 0 aromatic heterocycles. The number of phenols is 1. The van der Waals surface area contributed by atoms with Gasteiger partial charge in [0.2, 0.25) is 23.6 Å². The largest absolute Gasteiger partial charge is 0.508 e. The Morgan fingerprint density at radius 1 is 0.745 bits per heavy atom. The van der Waals surface area contributed by atoms with Crippen LogP contribution in [0.25, 0.3) is 0 Å². The highest BCUT2D eigenvalue weighted by Crippen LogP contribution is 2.29. The molecule has 0 saturated heterocycles. The number of carboxylic acids is 1. The van der Waals surface area contributed by atoms with Gasteiger partial charge >= 0.3 is 12.1 Å². The number of carbonyl (C=O) groups excluding carboxylic acids is 4. The molecule has 8 N–H and O–H groups in total. The van der Waals surface area contributed by atoms with Crippen LogP contribution < -0.4 is 27.0 Å². The summed E-state index contributed by atoms with van der Waals surface area (Å²) < 4.78 is 40.1. The van der Waals surface area contributed by atoms with E-state index >= 15 is 0 Å². The molecule has 4 amide bonds. The maximum absolute atomic E-state index is 13.4. The molecule has 0 fully saturated rings. The van der Waals surface area contributed by atoms with Crippen molar-refractivity contribution >= 4 is 29.6 Å². The fraction of sp³-hybridized carbons (Fsp3) is 0.469. The third-order valence-corrected chi connectivity index (χ3v) is 7.19. The van der Waals surface area contributed by atoms with Gasteiger partial charge in [-0.05, 0) is 48.4 Å². The van der Waals surface area contributed by atoms with Gasteiger partial charge in [0.25, 0.3) is 0 Å². The van der Waals surface area contributed by atoms with Crippen molar-refractivity contribution in [1.82, 2.24) is 21.3 Å². The van der Waals surface area contributed by atoms with Crippen LogP contribution in [0.3, 0.4) is 0 Å². The fourth-order valence-electron chi connectivity index (χ4n) is 4.54. The Morgan fingerprint density at radius 3 is 1.87 bits per heavy atom. The van der Waals surface area contributed by atoms with Crippen LogP contribution in [0, 0.1) is 11.8 Å². The number of phenolic OH excluding ortho intramolecular Hbond substituents is 1. The zero-order chi connectivity index (χ0) is 35.3. The second kappa shape index (κ2) is 17.9. The lowest BCUT2D eigenvalue weighted by molar-refractivity contribution is -0.173. The van der Waals surface area contributed by atoms with Crippen molar-refractivity contribution in [2.75, 3.05) is 6.54 Å². The van der Waals surface area contributed by atoms with E-state index in [1.165, 1.54) is 24.3 Å². The van der Waals surface area contributed by atoms with Crippen molar-refractivity contribution in [3.05, 3.63) is 65.7 Å². The number of benzene rings is 2. The molecule has 258 valence electrons. The number of nitrogens with two attached hydrogens (primary N) is 1. The molecule has 15 heteroatoms. The summed E-state index contributed by atoms with van der Waals surface area (Å²) >= 11 is 0. The summed E-state index contributed by atoms with van der Waals surface area (Å²) in [6, 6.07) is 8.86. The normalized spacial score (nSPS) is 14.6. The molecule has 12 nitrogen and oxygen atoms in total. The Hall–Kier alpha value is -4.66. The first-order valence-electron chi connectivity index (χ1n) is 15.0. The number of aromatic hydroxyl groups is 1. The highest BCUT2D eigenvalue weighted by Gasteiger charge is 2.39. The smallest absolute Gasteiger partial charge is 0.391 e. The van der Waals surface area contributed by atoms with E-state index in [1.807, 2.05) is 0 Å². The van der Waals surface area contributed by atoms with Gasteiger partial charge in [0.1, 0.15) is 23.9 Å². The summed E-state index contributed by atoms with van der Waals surface area (Å²) in [5.41, 5.74) is 7.13. The van der Waals surface area contributed by atoms with Gasteiger partial charge < -0.3 is 37.2 Å². The SMILES string of the molecule is CC(C)C[C@H](NC(=O)[C@H](Cc1ccccc1)NC(=O)CNC(=O)[C@H](C[C@H](C)C(F)(F)F)NC(=O)[C@@H](N)Cc1ccc(O)cc1)C(=O)O. The molecule has 2 rings (SSSR count). The zero-order valence-electron chi connectivity index (χ0n) is 26.3. The van der Waals surface area contributed by atoms with Crippen molar-refractivity contribution < 1.29 is 47.4 Å². The highest BCUT2D eigenvalue weighted by atomic mass is 19.4. The molecule has 0 radical (unpaired) electrons. The first-order chi connectivity index (χ1) is 22.0. The van der Waals surface area contributed by atoms with Gasteiger partial charge in [-0.15, -0.1) is 0 Å². The Balaban J connectivity index is 2.14. The number of aliphatic carboxylic acids is 1. The number of hydrogen-bond donors (Lipinski definition) is 7. The molecule has 0 bridgehead atoms. The molecular formula is C32H42F3N5O7. The van der Waals surface area contributed by atoms with Crippen LogP contribution in [0.5, 0.6) is 5.75 Å². The number of carboxylic acid groups (broad SMARTS) is 1. The predicted molar refractivity (Wildman–Crippen MR) is 166 cm³/mol. The van der Waals surface area contributed by atoms with Crippen LogP contribution in [0.15, 0.2) is 54.6 Å². The maximum Gasteiger partial charge on any atom is 0.391 e. The van der Waals surface area contributed by atoms with E-state index in [0.717, 1.165) is 6.92 Å². The topological polar surface area (TPSA) is 200 Å². The van der Waals surface area contributed by atoms with Crippen LogP contribution in [-0.2, 0) is 36.8 Å². The van der Waals surface area contributed by atoms with E-state index in [1.54, 1.807) is 44.2 Å². The summed E-state index contributed by atoms with van der Waals surface area (Å²) in [4.78, 5) is 63.5. The average molecular weight is 666 g/mol. The van der Waals surface area contributed by atoms with E-state index in [4.69, 9.17) is 5.73 Å². The molecule has 0 heterocycles. The second-order valence-electron chi connectivity index (χ2n) is 11.8. The first kappa shape index (κ1) is 38.5. The van der Waals surface area contributed by atoms with E-state index in [2.05, 4.69) is 21.3 Å². The van der Waals surface area contributed by atoms with Crippen LogP contribution >= 0.6 is 0 Å². The van der Waals surface area contributed by atoms with E-state index in [-0.39, 0.29) is 30.9 Å². The number of halogens is 3. The molecule has 0 spiro atoms. The van der Waals surface area contributed by atoms with Crippen molar-refractivity contribution in [3.8, 4) is 5.75 Å². The van der Waals surface area contributed by atoms with Gasteiger partial charge in [0.15, 0.2) is 0 Å². The van der Waals surface area contributed by atoms with Gasteiger partial charge in [-0.1, -0.05) is 63.2 Å². The van der Waals surface area contributed by atoms with Crippen LogP contribution in [0.2, 0.25) is 0 Å². The van der Waals surface area contributed by atoms with Crippen LogP contribution in [0.4, 0.5) is 13.2 Å². The minimum atomic E-state index is -4.68. The van der Waals surface area contributed by atoms with Crippen LogP contribution in [0.1, 0.15) is 44.7 Å². The lowest BCUT2D eigenvalue weighted by atomic mass is 9.99. The van der Waals surface area contributed by atoms with Gasteiger partial charge in [-0.3, -0.25) is 19.2 Å². The van der Waals surface area contributed by atoms with Crippen LogP contribution in [-0.4, -0.2) is 76.7 Å². The van der Waals surface area contributed by atoms with Crippen molar-refractivity contribution in [2.45, 2.75) is 76.8 Å². The molecular weight excluding hydrogens is 623 g/mol. The Kier molecular flexibility index (Phi) is 14.7. The number of alkyl halides is 3. The molecule has 0 aliphatic rings.